The number of fused-ring (bicyclic) bond motifs is 1. The molecular weight excluding hydrogens is 262 g/mol. The van der Waals surface area contributed by atoms with E-state index in [4.69, 9.17) is 0 Å². The van der Waals surface area contributed by atoms with Crippen molar-refractivity contribution in [2.75, 3.05) is 13.1 Å². The Balaban J connectivity index is 2.03. The highest BCUT2D eigenvalue weighted by Gasteiger charge is 2.44. The van der Waals surface area contributed by atoms with Gasteiger partial charge < -0.3 is 5.32 Å². The van der Waals surface area contributed by atoms with Gasteiger partial charge in [0.1, 0.15) is 5.56 Å². The van der Waals surface area contributed by atoms with E-state index in [1.165, 1.54) is 23.1 Å². The van der Waals surface area contributed by atoms with Crippen molar-refractivity contribution in [1.29, 1.82) is 0 Å². The zero-order valence-corrected chi connectivity index (χ0v) is 10.7. The van der Waals surface area contributed by atoms with Crippen molar-refractivity contribution in [2.45, 2.75) is 18.9 Å². The lowest BCUT2D eigenvalue weighted by Crippen LogP contribution is -2.48. The number of nitrogens with one attached hydrogen (secondary N) is 1. The van der Waals surface area contributed by atoms with Crippen LogP contribution in [0.3, 0.4) is 0 Å². The van der Waals surface area contributed by atoms with Crippen LogP contribution in [0.5, 0.6) is 0 Å². The van der Waals surface area contributed by atoms with Crippen molar-refractivity contribution in [3.05, 3.63) is 39.4 Å². The summed E-state index contributed by atoms with van der Waals surface area (Å²) in [6.45, 7) is 1.40. The van der Waals surface area contributed by atoms with Crippen LogP contribution in [0, 0.1) is 10.1 Å². The van der Waals surface area contributed by atoms with Crippen molar-refractivity contribution >= 4 is 17.5 Å². The Morgan fingerprint density at radius 1 is 1.30 bits per heavy atom. The minimum absolute atomic E-state index is 0.0759. The summed E-state index contributed by atoms with van der Waals surface area (Å²) in [6.07, 6.45) is 1.60. The number of rotatable bonds is 2. The molecule has 0 aromatic heterocycles. The molecule has 1 fully saturated rings. The van der Waals surface area contributed by atoms with E-state index < -0.39 is 16.7 Å². The normalized spacial score (nSPS) is 22.0. The van der Waals surface area contributed by atoms with Gasteiger partial charge in [-0.25, -0.2) is 0 Å². The maximum atomic E-state index is 12.4. The van der Waals surface area contributed by atoms with E-state index in [1.54, 1.807) is 0 Å². The molecule has 0 bridgehead atoms. The van der Waals surface area contributed by atoms with Crippen molar-refractivity contribution in [2.24, 2.45) is 0 Å². The smallest absolute Gasteiger partial charge is 0.282 e. The fourth-order valence-corrected chi connectivity index (χ4v) is 2.82. The van der Waals surface area contributed by atoms with E-state index in [2.05, 4.69) is 5.32 Å². The summed E-state index contributed by atoms with van der Waals surface area (Å²) in [7, 11) is 0. The quantitative estimate of drug-likeness (QED) is 0.492. The fraction of sp³-hybridized carbons (Fsp3) is 0.385. The van der Waals surface area contributed by atoms with Crippen LogP contribution in [-0.2, 0) is 0 Å². The Hall–Kier alpha value is -2.28. The molecule has 1 aromatic rings. The molecular formula is C13H13N3O4. The van der Waals surface area contributed by atoms with Gasteiger partial charge in [0.2, 0.25) is 0 Å². The second-order valence-electron chi connectivity index (χ2n) is 4.94. The van der Waals surface area contributed by atoms with Gasteiger partial charge in [0, 0.05) is 12.6 Å². The predicted molar refractivity (Wildman–Crippen MR) is 69.5 cm³/mol. The van der Waals surface area contributed by atoms with Gasteiger partial charge in [-0.2, -0.15) is 0 Å². The largest absolute Gasteiger partial charge is 0.315 e. The van der Waals surface area contributed by atoms with E-state index in [1.807, 2.05) is 0 Å². The van der Waals surface area contributed by atoms with Crippen molar-refractivity contribution in [3.63, 3.8) is 0 Å². The third kappa shape index (κ3) is 1.78. The second-order valence-corrected chi connectivity index (χ2v) is 4.94. The molecule has 2 aliphatic heterocycles. The summed E-state index contributed by atoms with van der Waals surface area (Å²) >= 11 is 0. The van der Waals surface area contributed by atoms with Gasteiger partial charge in [-0.05, 0) is 25.5 Å². The van der Waals surface area contributed by atoms with Crippen LogP contribution in [-0.4, -0.2) is 40.8 Å². The molecule has 1 aromatic carbocycles. The van der Waals surface area contributed by atoms with Crippen LogP contribution < -0.4 is 5.32 Å². The van der Waals surface area contributed by atoms with Gasteiger partial charge >= 0.3 is 0 Å². The summed E-state index contributed by atoms with van der Waals surface area (Å²) in [6, 6.07) is 3.94. The van der Waals surface area contributed by atoms with Gasteiger partial charge in [-0.3, -0.25) is 24.6 Å². The SMILES string of the molecule is O=C1c2cccc([N+](=O)[O-])c2C(=O)N1C1CCCNC1. The zero-order valence-electron chi connectivity index (χ0n) is 10.7. The molecule has 7 heteroatoms. The second kappa shape index (κ2) is 4.68. The minimum Gasteiger partial charge on any atom is -0.315 e. The van der Waals surface area contributed by atoms with Gasteiger partial charge in [0.05, 0.1) is 16.5 Å². The highest BCUT2D eigenvalue weighted by atomic mass is 16.6. The average Bonchev–Trinajstić information content (AvgIpc) is 2.72. The number of benzene rings is 1. The molecule has 2 aliphatic rings. The number of nitrogens with zero attached hydrogens (tertiary/aromatic N) is 2. The number of amides is 2. The number of carbonyl (C=O) groups is 2. The molecule has 20 heavy (non-hydrogen) atoms. The third-order valence-electron chi connectivity index (χ3n) is 3.76. The van der Waals surface area contributed by atoms with Crippen molar-refractivity contribution in [1.82, 2.24) is 10.2 Å². The molecule has 1 atom stereocenters. The van der Waals surface area contributed by atoms with Gasteiger partial charge in [0.25, 0.3) is 17.5 Å². The van der Waals surface area contributed by atoms with E-state index in [0.29, 0.717) is 6.54 Å². The Labute approximate surface area is 114 Å². The van der Waals surface area contributed by atoms with E-state index >= 15 is 0 Å². The lowest BCUT2D eigenvalue weighted by Gasteiger charge is -2.29. The van der Waals surface area contributed by atoms with E-state index in [9.17, 15) is 19.7 Å². The van der Waals surface area contributed by atoms with Crippen molar-refractivity contribution < 1.29 is 14.5 Å². The first kappa shape index (κ1) is 12.7. The molecule has 1 unspecified atom stereocenters. The molecule has 7 nitrogen and oxygen atoms in total. The Morgan fingerprint density at radius 2 is 2.10 bits per heavy atom. The number of hydrogen-bond donors (Lipinski definition) is 1. The van der Waals surface area contributed by atoms with Gasteiger partial charge in [-0.15, -0.1) is 0 Å². The molecule has 1 saturated heterocycles. The van der Waals surface area contributed by atoms with Crippen LogP contribution in [0.1, 0.15) is 33.6 Å². The molecule has 2 amide bonds. The topological polar surface area (TPSA) is 92.5 Å². The number of nitro groups is 1. The average molecular weight is 275 g/mol. The summed E-state index contributed by atoms with van der Waals surface area (Å²) in [5, 5.41) is 14.1. The van der Waals surface area contributed by atoms with Crippen LogP contribution in [0.2, 0.25) is 0 Å². The van der Waals surface area contributed by atoms with Crippen LogP contribution >= 0.6 is 0 Å². The molecule has 2 heterocycles. The third-order valence-corrected chi connectivity index (χ3v) is 3.76. The number of hydrogen-bond acceptors (Lipinski definition) is 5. The lowest BCUT2D eigenvalue weighted by atomic mass is 10.1. The summed E-state index contributed by atoms with van der Waals surface area (Å²) in [5.74, 6) is -0.978. The Kier molecular flexibility index (Phi) is 2.98. The zero-order chi connectivity index (χ0) is 14.3. The molecule has 1 N–H and O–H groups in total. The van der Waals surface area contributed by atoms with Crippen LogP contribution in [0.4, 0.5) is 5.69 Å². The first-order valence-electron chi connectivity index (χ1n) is 6.47. The molecule has 0 aliphatic carbocycles. The van der Waals surface area contributed by atoms with Crippen LogP contribution in [0.25, 0.3) is 0 Å². The minimum atomic E-state index is -0.618. The van der Waals surface area contributed by atoms with E-state index in [0.717, 1.165) is 19.4 Å². The monoisotopic (exact) mass is 275 g/mol. The lowest BCUT2D eigenvalue weighted by molar-refractivity contribution is -0.385. The van der Waals surface area contributed by atoms with Gasteiger partial charge in [-0.1, -0.05) is 6.07 Å². The number of nitro benzene ring substituents is 1. The maximum absolute atomic E-state index is 12.4. The van der Waals surface area contributed by atoms with Crippen molar-refractivity contribution in [3.8, 4) is 0 Å². The molecule has 3 rings (SSSR count). The summed E-state index contributed by atoms with van der Waals surface area (Å²) in [4.78, 5) is 36.3. The molecule has 0 radical (unpaired) electrons. The van der Waals surface area contributed by atoms with Crippen LogP contribution in [0.15, 0.2) is 18.2 Å². The van der Waals surface area contributed by atoms with E-state index in [-0.39, 0.29) is 22.9 Å². The summed E-state index contributed by atoms with van der Waals surface area (Å²) in [5.41, 5.74) is -0.241. The number of carbonyl (C=O) groups excluding carboxylic acids is 2. The highest BCUT2D eigenvalue weighted by molar-refractivity contribution is 6.23. The summed E-state index contributed by atoms with van der Waals surface area (Å²) < 4.78 is 0. The number of piperidine rings is 1. The maximum Gasteiger partial charge on any atom is 0.282 e. The van der Waals surface area contributed by atoms with Gasteiger partial charge in [0.15, 0.2) is 0 Å². The standard InChI is InChI=1S/C13H13N3O4/c17-12-9-4-1-5-10(16(19)20)11(9)13(18)15(12)8-3-2-6-14-7-8/h1,4-5,8,14H,2-3,6-7H2. The molecule has 0 saturated carbocycles. The number of imide groups is 1. The Bertz CT molecular complexity index is 608. The first-order chi connectivity index (χ1) is 9.61. The predicted octanol–water partition coefficient (Wildman–Crippen LogP) is 0.943. The Morgan fingerprint density at radius 3 is 2.75 bits per heavy atom. The fourth-order valence-electron chi connectivity index (χ4n) is 2.82. The first-order valence-corrected chi connectivity index (χ1v) is 6.47. The molecule has 0 spiro atoms. The highest BCUT2D eigenvalue weighted by Crippen LogP contribution is 2.32. The molecule has 104 valence electrons.